The van der Waals surface area contributed by atoms with E-state index in [2.05, 4.69) is 24.1 Å². The number of rotatable bonds is 8. The number of hydrogen-bond donors (Lipinski definition) is 1. The minimum absolute atomic E-state index is 0.640. The van der Waals surface area contributed by atoms with Crippen molar-refractivity contribution in [2.75, 3.05) is 13.2 Å². The molecule has 1 aromatic carbocycles. The summed E-state index contributed by atoms with van der Waals surface area (Å²) in [6.07, 6.45) is 2.74. The summed E-state index contributed by atoms with van der Waals surface area (Å²) in [7, 11) is 0. The van der Waals surface area contributed by atoms with Gasteiger partial charge in [-0.05, 0) is 43.3 Å². The summed E-state index contributed by atoms with van der Waals surface area (Å²) in [4.78, 5) is 4.31. The number of pyridine rings is 1. The number of aromatic nitrogens is 1. The van der Waals surface area contributed by atoms with Crippen molar-refractivity contribution in [2.45, 2.75) is 26.8 Å². The Hall–Kier alpha value is -2.07. The molecule has 0 spiro atoms. The van der Waals surface area contributed by atoms with Crippen molar-refractivity contribution in [3.05, 3.63) is 48.2 Å². The Bertz CT molecular complexity index is 541. The molecule has 0 bridgehead atoms. The summed E-state index contributed by atoms with van der Waals surface area (Å²) in [6, 6.07) is 11.6. The lowest BCUT2D eigenvalue weighted by molar-refractivity contribution is 0.317. The summed E-state index contributed by atoms with van der Waals surface area (Å²) in [5, 5.41) is 3.28. The van der Waals surface area contributed by atoms with Crippen molar-refractivity contribution >= 4 is 0 Å². The van der Waals surface area contributed by atoms with Gasteiger partial charge < -0.3 is 14.8 Å². The molecule has 0 atom stereocenters. The molecule has 2 rings (SSSR count). The smallest absolute Gasteiger partial charge is 0.223 e. The van der Waals surface area contributed by atoms with E-state index in [4.69, 9.17) is 9.47 Å². The first kappa shape index (κ1) is 15.3. The van der Waals surface area contributed by atoms with Crippen LogP contribution in [-0.4, -0.2) is 18.1 Å². The first-order valence-electron chi connectivity index (χ1n) is 7.38. The molecule has 4 nitrogen and oxygen atoms in total. The quantitative estimate of drug-likeness (QED) is 0.802. The van der Waals surface area contributed by atoms with Crippen LogP contribution in [0.1, 0.15) is 25.8 Å². The van der Waals surface area contributed by atoms with E-state index in [1.54, 1.807) is 6.20 Å². The Kier molecular flexibility index (Phi) is 6.03. The third-order valence-electron chi connectivity index (χ3n) is 2.93. The Labute approximate surface area is 126 Å². The van der Waals surface area contributed by atoms with Crippen LogP contribution in [-0.2, 0) is 6.54 Å². The average molecular weight is 286 g/mol. The third kappa shape index (κ3) is 4.76. The highest BCUT2D eigenvalue weighted by atomic mass is 16.5. The molecule has 1 N–H and O–H groups in total. The van der Waals surface area contributed by atoms with Crippen LogP contribution in [0, 0.1) is 0 Å². The van der Waals surface area contributed by atoms with Gasteiger partial charge in [0.05, 0.1) is 6.61 Å². The SMILES string of the molecule is CCCOc1ccc(Oc2ncccc2CNCC)cc1. The minimum Gasteiger partial charge on any atom is -0.494 e. The second-order valence-corrected chi connectivity index (χ2v) is 4.67. The average Bonchev–Trinajstić information content (AvgIpc) is 2.53. The molecular weight excluding hydrogens is 264 g/mol. The van der Waals surface area contributed by atoms with E-state index in [0.717, 1.165) is 43.2 Å². The number of benzene rings is 1. The van der Waals surface area contributed by atoms with Crippen LogP contribution in [0.3, 0.4) is 0 Å². The maximum Gasteiger partial charge on any atom is 0.223 e. The third-order valence-corrected chi connectivity index (χ3v) is 2.93. The molecule has 0 fully saturated rings. The van der Waals surface area contributed by atoms with E-state index in [-0.39, 0.29) is 0 Å². The van der Waals surface area contributed by atoms with Gasteiger partial charge in [-0.25, -0.2) is 4.98 Å². The van der Waals surface area contributed by atoms with E-state index in [9.17, 15) is 0 Å². The van der Waals surface area contributed by atoms with Crippen LogP contribution in [0.2, 0.25) is 0 Å². The lowest BCUT2D eigenvalue weighted by Gasteiger charge is -2.11. The minimum atomic E-state index is 0.640. The van der Waals surface area contributed by atoms with E-state index >= 15 is 0 Å². The molecule has 0 aliphatic carbocycles. The fraction of sp³-hybridized carbons (Fsp3) is 0.353. The largest absolute Gasteiger partial charge is 0.494 e. The lowest BCUT2D eigenvalue weighted by atomic mass is 10.2. The Morgan fingerprint density at radius 1 is 1.05 bits per heavy atom. The van der Waals surface area contributed by atoms with Crippen molar-refractivity contribution in [2.24, 2.45) is 0 Å². The van der Waals surface area contributed by atoms with E-state index in [0.29, 0.717) is 5.88 Å². The number of nitrogens with zero attached hydrogens (tertiary/aromatic N) is 1. The first-order chi connectivity index (χ1) is 10.3. The Morgan fingerprint density at radius 2 is 1.81 bits per heavy atom. The summed E-state index contributed by atoms with van der Waals surface area (Å²) >= 11 is 0. The topological polar surface area (TPSA) is 43.4 Å². The summed E-state index contributed by atoms with van der Waals surface area (Å²) in [6.45, 7) is 6.55. The van der Waals surface area contributed by atoms with Gasteiger partial charge in [-0.1, -0.05) is 19.9 Å². The lowest BCUT2D eigenvalue weighted by Crippen LogP contribution is -2.12. The van der Waals surface area contributed by atoms with Crippen LogP contribution in [0.15, 0.2) is 42.6 Å². The molecule has 112 valence electrons. The van der Waals surface area contributed by atoms with Gasteiger partial charge in [-0.2, -0.15) is 0 Å². The molecular formula is C17H22N2O2. The molecule has 0 amide bonds. The monoisotopic (exact) mass is 286 g/mol. The predicted octanol–water partition coefficient (Wildman–Crippen LogP) is 3.77. The summed E-state index contributed by atoms with van der Waals surface area (Å²) in [5.41, 5.74) is 1.05. The summed E-state index contributed by atoms with van der Waals surface area (Å²) in [5.74, 6) is 2.26. The highest BCUT2D eigenvalue weighted by Gasteiger charge is 2.05. The van der Waals surface area contributed by atoms with Gasteiger partial charge in [-0.3, -0.25) is 0 Å². The Morgan fingerprint density at radius 3 is 2.52 bits per heavy atom. The standard InChI is InChI=1S/C17H22N2O2/c1-3-12-20-15-7-9-16(10-8-15)21-17-14(13-18-4-2)6-5-11-19-17/h5-11,18H,3-4,12-13H2,1-2H3. The van der Waals surface area contributed by atoms with Gasteiger partial charge in [0.25, 0.3) is 0 Å². The molecule has 0 saturated carbocycles. The zero-order valence-electron chi connectivity index (χ0n) is 12.6. The highest BCUT2D eigenvalue weighted by molar-refractivity contribution is 5.35. The molecule has 1 aromatic heterocycles. The predicted molar refractivity (Wildman–Crippen MR) is 83.9 cm³/mol. The molecule has 4 heteroatoms. The second kappa shape index (κ2) is 8.27. The fourth-order valence-electron chi connectivity index (χ4n) is 1.85. The normalized spacial score (nSPS) is 10.4. The number of ether oxygens (including phenoxy) is 2. The molecule has 0 saturated heterocycles. The molecule has 0 aliphatic heterocycles. The van der Waals surface area contributed by atoms with Crippen LogP contribution in [0.25, 0.3) is 0 Å². The zero-order chi connectivity index (χ0) is 14.9. The van der Waals surface area contributed by atoms with Gasteiger partial charge in [-0.15, -0.1) is 0 Å². The van der Waals surface area contributed by atoms with Gasteiger partial charge in [0, 0.05) is 18.3 Å². The van der Waals surface area contributed by atoms with Crippen LogP contribution < -0.4 is 14.8 Å². The van der Waals surface area contributed by atoms with Crippen LogP contribution in [0.5, 0.6) is 17.4 Å². The van der Waals surface area contributed by atoms with Crippen molar-refractivity contribution in [3.63, 3.8) is 0 Å². The fourth-order valence-corrected chi connectivity index (χ4v) is 1.85. The number of nitrogens with one attached hydrogen (secondary N) is 1. The molecule has 0 unspecified atom stereocenters. The van der Waals surface area contributed by atoms with Crippen molar-refractivity contribution in [1.82, 2.24) is 10.3 Å². The molecule has 21 heavy (non-hydrogen) atoms. The van der Waals surface area contributed by atoms with Gasteiger partial charge >= 0.3 is 0 Å². The Balaban J connectivity index is 2.04. The number of hydrogen-bond acceptors (Lipinski definition) is 4. The molecule has 0 aliphatic rings. The van der Waals surface area contributed by atoms with Gasteiger partial charge in [0.1, 0.15) is 11.5 Å². The van der Waals surface area contributed by atoms with E-state index in [1.807, 2.05) is 36.4 Å². The highest BCUT2D eigenvalue weighted by Crippen LogP contribution is 2.25. The first-order valence-corrected chi connectivity index (χ1v) is 7.38. The maximum absolute atomic E-state index is 5.86. The second-order valence-electron chi connectivity index (χ2n) is 4.67. The van der Waals surface area contributed by atoms with Crippen LogP contribution in [0.4, 0.5) is 0 Å². The van der Waals surface area contributed by atoms with E-state index < -0.39 is 0 Å². The van der Waals surface area contributed by atoms with Gasteiger partial charge in [0.2, 0.25) is 5.88 Å². The van der Waals surface area contributed by atoms with E-state index in [1.165, 1.54) is 0 Å². The summed E-state index contributed by atoms with van der Waals surface area (Å²) < 4.78 is 11.4. The van der Waals surface area contributed by atoms with Crippen molar-refractivity contribution in [3.8, 4) is 17.4 Å². The van der Waals surface area contributed by atoms with Crippen LogP contribution >= 0.6 is 0 Å². The van der Waals surface area contributed by atoms with Gasteiger partial charge in [0.15, 0.2) is 0 Å². The zero-order valence-corrected chi connectivity index (χ0v) is 12.6. The van der Waals surface area contributed by atoms with Crippen molar-refractivity contribution < 1.29 is 9.47 Å². The molecule has 0 radical (unpaired) electrons. The molecule has 1 heterocycles. The maximum atomic E-state index is 5.86. The molecule has 2 aromatic rings. The van der Waals surface area contributed by atoms with Crippen molar-refractivity contribution in [1.29, 1.82) is 0 Å².